The second-order valence-corrected chi connectivity index (χ2v) is 4.53. The summed E-state index contributed by atoms with van der Waals surface area (Å²) in [5.41, 5.74) is 7.26. The molecule has 2 N–H and O–H groups in total. The molecule has 96 valence electrons. The Balaban J connectivity index is 2.29. The summed E-state index contributed by atoms with van der Waals surface area (Å²) in [6, 6.07) is 4.54. The van der Waals surface area contributed by atoms with Gasteiger partial charge in [-0.05, 0) is 50.0 Å². The van der Waals surface area contributed by atoms with E-state index in [1.54, 1.807) is 0 Å². The molecule has 0 aliphatic rings. The normalized spacial score (nSPS) is 12.9. The molecule has 0 aliphatic heterocycles. The van der Waals surface area contributed by atoms with Crippen LogP contribution in [0.3, 0.4) is 0 Å². The Kier molecular flexibility index (Phi) is 6.82. The quantitative estimate of drug-likeness (QED) is 0.752. The lowest BCUT2D eigenvalue weighted by Gasteiger charge is -2.21. The minimum atomic E-state index is 0.370. The number of aromatic nitrogens is 1. The fraction of sp³-hybridized carbons (Fsp3) is 0.643. The third kappa shape index (κ3) is 5.80. The second kappa shape index (κ2) is 8.20. The number of nitrogens with two attached hydrogens (primary N) is 1. The van der Waals surface area contributed by atoms with Crippen molar-refractivity contribution in [2.45, 2.75) is 45.7 Å². The van der Waals surface area contributed by atoms with Crippen molar-refractivity contribution in [2.24, 2.45) is 5.73 Å². The fourth-order valence-corrected chi connectivity index (χ4v) is 1.88. The Labute approximate surface area is 105 Å². The maximum absolute atomic E-state index is 5.93. The third-order valence-electron chi connectivity index (χ3n) is 3.18. The predicted octanol–water partition coefficient (Wildman–Crippen LogP) is 2.42. The summed E-state index contributed by atoms with van der Waals surface area (Å²) in [7, 11) is 0. The molecule has 1 atom stereocenters. The summed E-state index contributed by atoms with van der Waals surface area (Å²) in [6.45, 7) is 7.59. The van der Waals surface area contributed by atoms with Crippen LogP contribution in [-0.4, -0.2) is 29.0 Å². The van der Waals surface area contributed by atoms with E-state index in [0.29, 0.717) is 6.04 Å². The molecule has 1 rings (SSSR count). The van der Waals surface area contributed by atoms with Gasteiger partial charge in [0.1, 0.15) is 0 Å². The first-order valence-electron chi connectivity index (χ1n) is 6.63. The minimum Gasteiger partial charge on any atom is -0.328 e. The fourth-order valence-electron chi connectivity index (χ4n) is 1.88. The Morgan fingerprint density at radius 2 is 2.00 bits per heavy atom. The minimum absolute atomic E-state index is 0.370. The lowest BCUT2D eigenvalue weighted by atomic mass is 10.1. The molecule has 0 bridgehead atoms. The van der Waals surface area contributed by atoms with Crippen molar-refractivity contribution in [2.75, 3.05) is 13.1 Å². The van der Waals surface area contributed by atoms with Crippen LogP contribution in [0.5, 0.6) is 0 Å². The highest BCUT2D eigenvalue weighted by Crippen LogP contribution is 2.06. The zero-order valence-electron chi connectivity index (χ0n) is 11.1. The monoisotopic (exact) mass is 235 g/mol. The number of pyridine rings is 1. The van der Waals surface area contributed by atoms with E-state index in [0.717, 1.165) is 32.5 Å². The van der Waals surface area contributed by atoms with Crippen LogP contribution < -0.4 is 5.73 Å². The van der Waals surface area contributed by atoms with Gasteiger partial charge >= 0.3 is 0 Å². The Morgan fingerprint density at radius 1 is 1.29 bits per heavy atom. The molecule has 0 fully saturated rings. The van der Waals surface area contributed by atoms with E-state index < -0.39 is 0 Å². The molecule has 0 aromatic carbocycles. The number of hydrogen-bond acceptors (Lipinski definition) is 3. The summed E-state index contributed by atoms with van der Waals surface area (Å²) in [5.74, 6) is 0. The van der Waals surface area contributed by atoms with Gasteiger partial charge < -0.3 is 5.73 Å². The van der Waals surface area contributed by atoms with Gasteiger partial charge in [0.05, 0.1) is 0 Å². The summed E-state index contributed by atoms with van der Waals surface area (Å²) in [5, 5.41) is 0. The highest BCUT2D eigenvalue weighted by molar-refractivity contribution is 5.09. The van der Waals surface area contributed by atoms with Crippen molar-refractivity contribution in [3.8, 4) is 0 Å². The van der Waals surface area contributed by atoms with Crippen molar-refractivity contribution in [1.82, 2.24) is 9.88 Å². The van der Waals surface area contributed by atoms with Gasteiger partial charge in [0.25, 0.3) is 0 Å². The number of hydrogen-bond donors (Lipinski definition) is 1. The third-order valence-corrected chi connectivity index (χ3v) is 3.18. The Morgan fingerprint density at radius 3 is 2.59 bits per heavy atom. The average molecular weight is 235 g/mol. The van der Waals surface area contributed by atoms with Gasteiger partial charge in [-0.2, -0.15) is 0 Å². The maximum atomic E-state index is 5.93. The van der Waals surface area contributed by atoms with Gasteiger partial charge in [-0.1, -0.05) is 13.8 Å². The van der Waals surface area contributed by atoms with E-state index in [4.69, 9.17) is 5.73 Å². The van der Waals surface area contributed by atoms with Gasteiger partial charge in [0, 0.05) is 25.0 Å². The molecule has 1 aromatic rings. The van der Waals surface area contributed by atoms with Crippen LogP contribution >= 0.6 is 0 Å². The molecule has 0 radical (unpaired) electrons. The van der Waals surface area contributed by atoms with Gasteiger partial charge in [-0.25, -0.2) is 0 Å². The van der Waals surface area contributed by atoms with Crippen molar-refractivity contribution in [3.63, 3.8) is 0 Å². The molecule has 0 saturated carbocycles. The molecule has 3 heteroatoms. The highest BCUT2D eigenvalue weighted by Gasteiger charge is 2.05. The zero-order chi connectivity index (χ0) is 12.5. The van der Waals surface area contributed by atoms with E-state index in [-0.39, 0.29) is 0 Å². The molecule has 0 aliphatic carbocycles. The van der Waals surface area contributed by atoms with Crippen molar-refractivity contribution in [3.05, 3.63) is 30.1 Å². The van der Waals surface area contributed by atoms with Gasteiger partial charge in [-0.3, -0.25) is 9.88 Å². The number of nitrogens with zero attached hydrogens (tertiary/aromatic N) is 2. The van der Waals surface area contributed by atoms with Crippen LogP contribution in [0, 0.1) is 0 Å². The molecule has 1 unspecified atom stereocenters. The first-order chi connectivity index (χ1) is 8.26. The van der Waals surface area contributed by atoms with Crippen molar-refractivity contribution in [1.29, 1.82) is 0 Å². The second-order valence-electron chi connectivity index (χ2n) is 4.53. The smallest absolute Gasteiger partial charge is 0.0271 e. The standard InChI is InChI=1S/C14H25N3/c1-3-14(15)6-5-11-17(4-2)12-13-7-9-16-10-8-13/h7-10,14H,3-6,11-12,15H2,1-2H3. The van der Waals surface area contributed by atoms with Gasteiger partial charge in [0.2, 0.25) is 0 Å². The van der Waals surface area contributed by atoms with E-state index in [1.165, 1.54) is 12.0 Å². The summed E-state index contributed by atoms with van der Waals surface area (Å²) in [6.07, 6.45) is 7.11. The lowest BCUT2D eigenvalue weighted by Crippen LogP contribution is -2.26. The van der Waals surface area contributed by atoms with E-state index in [9.17, 15) is 0 Å². The molecule has 0 spiro atoms. The van der Waals surface area contributed by atoms with Crippen LogP contribution in [0.1, 0.15) is 38.7 Å². The average Bonchev–Trinajstić information content (AvgIpc) is 2.38. The SMILES string of the molecule is CCC(N)CCCN(CC)Cc1ccncc1. The van der Waals surface area contributed by atoms with Crippen LogP contribution in [-0.2, 0) is 6.54 Å². The molecular weight excluding hydrogens is 210 g/mol. The molecule has 0 saturated heterocycles. The summed E-state index contributed by atoms with van der Waals surface area (Å²) in [4.78, 5) is 6.50. The van der Waals surface area contributed by atoms with Crippen LogP contribution in [0.25, 0.3) is 0 Å². The van der Waals surface area contributed by atoms with Gasteiger partial charge in [0.15, 0.2) is 0 Å². The van der Waals surface area contributed by atoms with Crippen molar-refractivity contribution >= 4 is 0 Å². The Hall–Kier alpha value is -0.930. The van der Waals surface area contributed by atoms with Crippen LogP contribution in [0.15, 0.2) is 24.5 Å². The molecular formula is C14H25N3. The Bertz CT molecular complexity index is 287. The maximum Gasteiger partial charge on any atom is 0.0271 e. The van der Waals surface area contributed by atoms with E-state index >= 15 is 0 Å². The van der Waals surface area contributed by atoms with Crippen molar-refractivity contribution < 1.29 is 0 Å². The van der Waals surface area contributed by atoms with E-state index in [1.807, 2.05) is 12.4 Å². The molecule has 17 heavy (non-hydrogen) atoms. The first-order valence-corrected chi connectivity index (χ1v) is 6.63. The zero-order valence-corrected chi connectivity index (χ0v) is 11.1. The number of rotatable bonds is 8. The van der Waals surface area contributed by atoms with Crippen LogP contribution in [0.2, 0.25) is 0 Å². The van der Waals surface area contributed by atoms with Gasteiger partial charge in [-0.15, -0.1) is 0 Å². The van der Waals surface area contributed by atoms with Crippen LogP contribution in [0.4, 0.5) is 0 Å². The topological polar surface area (TPSA) is 42.1 Å². The predicted molar refractivity (Wildman–Crippen MR) is 72.7 cm³/mol. The molecule has 3 nitrogen and oxygen atoms in total. The lowest BCUT2D eigenvalue weighted by molar-refractivity contribution is 0.270. The highest BCUT2D eigenvalue weighted by atomic mass is 15.1. The van der Waals surface area contributed by atoms with E-state index in [2.05, 4.69) is 35.9 Å². The molecule has 0 amide bonds. The summed E-state index contributed by atoms with van der Waals surface area (Å²) >= 11 is 0. The molecule has 1 aromatic heterocycles. The summed E-state index contributed by atoms with van der Waals surface area (Å²) < 4.78 is 0. The first kappa shape index (κ1) is 14.1. The largest absolute Gasteiger partial charge is 0.328 e. The molecule has 1 heterocycles.